The molecule has 0 radical (unpaired) electrons. The van der Waals surface area contributed by atoms with Crippen LogP contribution in [0.2, 0.25) is 0 Å². The third-order valence-corrected chi connectivity index (χ3v) is 13.7. The molecule has 16 rings (SSSR count). The van der Waals surface area contributed by atoms with Crippen LogP contribution in [-0.2, 0) is 0 Å². The van der Waals surface area contributed by atoms with Crippen LogP contribution in [0.4, 0.5) is 0 Å². The van der Waals surface area contributed by atoms with Gasteiger partial charge >= 0.3 is 0 Å². The fourth-order valence-corrected chi connectivity index (χ4v) is 15.9. The van der Waals surface area contributed by atoms with Gasteiger partial charge in [0.05, 0.1) is 0 Å². The third-order valence-electron chi connectivity index (χ3n) is 13.7. The highest BCUT2D eigenvalue weighted by Gasteiger charge is 3.16. The largest absolute Gasteiger partial charge is 0.0842 e. The highest BCUT2D eigenvalue weighted by molar-refractivity contribution is 5.66. The van der Waals surface area contributed by atoms with Crippen LogP contribution in [-0.4, -0.2) is 0 Å². The van der Waals surface area contributed by atoms with Crippen molar-refractivity contribution in [2.75, 3.05) is 0 Å². The van der Waals surface area contributed by atoms with E-state index in [-0.39, 0.29) is 0 Å². The van der Waals surface area contributed by atoms with Crippen LogP contribution in [0.1, 0.15) is 12.8 Å². The summed E-state index contributed by atoms with van der Waals surface area (Å²) >= 11 is 0. The van der Waals surface area contributed by atoms with Gasteiger partial charge in [-0.25, -0.2) is 0 Å². The van der Waals surface area contributed by atoms with Gasteiger partial charge < -0.3 is 0 Å². The van der Waals surface area contributed by atoms with Crippen LogP contribution < -0.4 is 0 Å². The SMILES string of the molecule is C1=CC2C3C4C1C15C6CC7C8C6C6CC8C8(C3C=CC4C618)C275. The summed E-state index contributed by atoms with van der Waals surface area (Å²) in [6.45, 7) is 0. The van der Waals surface area contributed by atoms with E-state index in [0.29, 0.717) is 0 Å². The summed E-state index contributed by atoms with van der Waals surface area (Å²) in [5.74, 6) is 13.8. The minimum Gasteiger partial charge on any atom is -0.0842 e. The van der Waals surface area contributed by atoms with E-state index in [1.807, 2.05) is 0 Å². The zero-order valence-electron chi connectivity index (χ0n) is 12.7. The molecule has 108 valence electrons. The summed E-state index contributed by atoms with van der Waals surface area (Å²) < 4.78 is 0. The number of hydrogen-bond acceptors (Lipinski definition) is 0. The van der Waals surface area contributed by atoms with Gasteiger partial charge in [-0.2, -0.15) is 0 Å². The average Bonchev–Trinajstić information content (AvgIpc) is 3.26. The maximum Gasteiger partial charge on any atom is -0.00588 e. The summed E-state index contributed by atoms with van der Waals surface area (Å²) in [4.78, 5) is 0. The fraction of sp³-hybridized carbons (Fsp3) is 0.818. The normalized spacial score (nSPS) is 98.9. The second kappa shape index (κ2) is 1.81. The van der Waals surface area contributed by atoms with Gasteiger partial charge in [-0.1, -0.05) is 24.3 Å². The molecule has 0 aromatic carbocycles. The summed E-state index contributed by atoms with van der Waals surface area (Å²) in [5.41, 5.74) is 3.53. The maximum atomic E-state index is 2.82. The molecule has 8 atom stereocenters. The Morgan fingerprint density at radius 2 is 0.773 bits per heavy atom. The predicted octanol–water partition coefficient (Wildman–Crippen LogP) is 3.37. The van der Waals surface area contributed by atoms with Gasteiger partial charge in [0.2, 0.25) is 0 Å². The van der Waals surface area contributed by atoms with Crippen molar-refractivity contribution in [3.8, 4) is 0 Å². The van der Waals surface area contributed by atoms with E-state index in [9.17, 15) is 0 Å². The lowest BCUT2D eigenvalue weighted by atomic mass is 9.22. The Balaban J connectivity index is 1.56. The Kier molecular flexibility index (Phi) is 0.749. The molecule has 12 fully saturated rings. The van der Waals surface area contributed by atoms with E-state index in [2.05, 4.69) is 24.3 Å². The molecule has 0 aliphatic heterocycles. The molecule has 12 saturated carbocycles. The Morgan fingerprint density at radius 3 is 1.09 bits per heavy atom. The fourth-order valence-electron chi connectivity index (χ4n) is 15.9. The molecule has 0 N–H and O–H groups in total. The standard InChI is InChI=1S/C22H20/c1-2-8-16-10-4-3-9-15(16)7(1)19-11-5-12-18-14-6-13(17(11)18)21(9,19)22(10,14)20(8,12)19/h1-4,7-18H,5-6H2. The second-order valence-electron chi connectivity index (χ2n) is 11.6. The van der Waals surface area contributed by atoms with Gasteiger partial charge in [-0.15, -0.1) is 0 Å². The Labute approximate surface area is 130 Å². The van der Waals surface area contributed by atoms with Gasteiger partial charge in [0.1, 0.15) is 0 Å². The van der Waals surface area contributed by atoms with E-state index < -0.39 is 0 Å². The van der Waals surface area contributed by atoms with Gasteiger partial charge in [0.15, 0.2) is 0 Å². The Morgan fingerprint density at radius 1 is 0.455 bits per heavy atom. The van der Waals surface area contributed by atoms with Crippen LogP contribution in [0, 0.1) is 92.7 Å². The van der Waals surface area contributed by atoms with E-state index in [1.165, 1.54) is 35.5 Å². The van der Waals surface area contributed by atoms with E-state index in [0.717, 1.165) is 57.2 Å². The van der Waals surface area contributed by atoms with Gasteiger partial charge in [-0.3, -0.25) is 0 Å². The molecule has 0 saturated heterocycles. The van der Waals surface area contributed by atoms with Crippen molar-refractivity contribution in [2.45, 2.75) is 12.8 Å². The minimum absolute atomic E-state index is 0.881. The predicted molar refractivity (Wildman–Crippen MR) is 79.1 cm³/mol. The van der Waals surface area contributed by atoms with Crippen LogP contribution >= 0.6 is 0 Å². The summed E-state index contributed by atoms with van der Waals surface area (Å²) in [7, 11) is 0. The lowest BCUT2D eigenvalue weighted by Crippen LogP contribution is -2.78. The van der Waals surface area contributed by atoms with Gasteiger partial charge in [0.25, 0.3) is 0 Å². The first kappa shape index (κ1) is 9.09. The number of rotatable bonds is 0. The number of hydrogen-bond donors (Lipinski definition) is 0. The van der Waals surface area contributed by atoms with Crippen molar-refractivity contribution in [3.05, 3.63) is 24.3 Å². The molecule has 0 heterocycles. The molecular formula is C22H20. The molecule has 0 amide bonds. The summed E-state index contributed by atoms with van der Waals surface area (Å²) in [5, 5.41) is 0. The molecule has 16 bridgehead atoms. The van der Waals surface area contributed by atoms with Crippen LogP contribution in [0.25, 0.3) is 0 Å². The highest BCUT2D eigenvalue weighted by Crippen LogP contribution is 3.19. The van der Waals surface area contributed by atoms with Crippen LogP contribution in [0.5, 0.6) is 0 Å². The van der Waals surface area contributed by atoms with Crippen molar-refractivity contribution >= 4 is 0 Å². The van der Waals surface area contributed by atoms with Gasteiger partial charge in [0, 0.05) is 0 Å². The first-order valence-electron chi connectivity index (χ1n) is 10.3. The van der Waals surface area contributed by atoms with Crippen LogP contribution in [0.3, 0.4) is 0 Å². The van der Waals surface area contributed by atoms with E-state index >= 15 is 0 Å². The molecule has 16 aliphatic rings. The van der Waals surface area contributed by atoms with Crippen LogP contribution in [0.15, 0.2) is 24.3 Å². The molecule has 22 heavy (non-hydrogen) atoms. The molecule has 0 aromatic heterocycles. The lowest BCUT2D eigenvalue weighted by molar-refractivity contribution is -0.334. The summed E-state index contributed by atoms with van der Waals surface area (Å²) in [6.07, 6.45) is 14.7. The van der Waals surface area contributed by atoms with E-state index in [1.54, 1.807) is 12.8 Å². The first-order chi connectivity index (χ1) is 10.9. The second-order valence-corrected chi connectivity index (χ2v) is 11.6. The lowest BCUT2D eigenvalue weighted by Gasteiger charge is -2.80. The molecule has 0 nitrogen and oxygen atoms in total. The van der Waals surface area contributed by atoms with Crippen molar-refractivity contribution in [1.29, 1.82) is 0 Å². The Hall–Kier alpha value is -0.520. The quantitative estimate of drug-likeness (QED) is 0.598. The van der Waals surface area contributed by atoms with Crippen molar-refractivity contribution < 1.29 is 0 Å². The molecule has 4 spiro atoms. The van der Waals surface area contributed by atoms with E-state index in [4.69, 9.17) is 0 Å². The monoisotopic (exact) mass is 284 g/mol. The van der Waals surface area contributed by atoms with Crippen molar-refractivity contribution in [3.63, 3.8) is 0 Å². The Bertz CT molecular complexity index is 728. The zero-order valence-corrected chi connectivity index (χ0v) is 12.7. The molecule has 16 aliphatic carbocycles. The first-order valence-corrected chi connectivity index (χ1v) is 10.3. The van der Waals surface area contributed by atoms with Crippen molar-refractivity contribution in [1.82, 2.24) is 0 Å². The molecule has 0 heteroatoms. The zero-order chi connectivity index (χ0) is 13.2. The third kappa shape index (κ3) is 0.332. The molecule has 0 aromatic rings. The highest BCUT2D eigenvalue weighted by atomic mass is 15.2. The smallest absolute Gasteiger partial charge is 0.00588 e. The van der Waals surface area contributed by atoms with Crippen molar-refractivity contribution in [2.24, 2.45) is 92.7 Å². The van der Waals surface area contributed by atoms with Gasteiger partial charge in [-0.05, 0) is 106 Å². The summed E-state index contributed by atoms with van der Waals surface area (Å²) in [6, 6.07) is 0. The molecular weight excluding hydrogens is 264 g/mol. The maximum absolute atomic E-state index is 2.82. The minimum atomic E-state index is 0.881. The number of allylic oxidation sites excluding steroid dienone is 4. The topological polar surface area (TPSA) is 0 Å². The molecule has 8 unspecified atom stereocenters. The average molecular weight is 284 g/mol.